The summed E-state index contributed by atoms with van der Waals surface area (Å²) in [5, 5.41) is 11.9. The van der Waals surface area contributed by atoms with Crippen LogP contribution in [0, 0.1) is 6.92 Å². The molecule has 0 fully saturated rings. The number of aromatic nitrogens is 3. The fourth-order valence-corrected chi connectivity index (χ4v) is 2.69. The maximum absolute atomic E-state index is 4.35. The first-order chi connectivity index (χ1) is 10.3. The smallest absolute Gasteiger partial charge is 0.190 e. The van der Waals surface area contributed by atoms with Gasteiger partial charge in [0.2, 0.25) is 0 Å². The van der Waals surface area contributed by atoms with Crippen LogP contribution in [0.3, 0.4) is 0 Å². The van der Waals surface area contributed by atoms with Gasteiger partial charge in [-0.1, -0.05) is 0 Å². The zero-order valence-electron chi connectivity index (χ0n) is 12.5. The number of aliphatic imine (C=N–C) groups is 1. The van der Waals surface area contributed by atoms with Crippen LogP contribution in [0.15, 0.2) is 29.6 Å². The molecule has 2 N–H and O–H groups in total. The van der Waals surface area contributed by atoms with Crippen molar-refractivity contribution in [2.75, 3.05) is 20.1 Å². The molecule has 0 spiro atoms. The van der Waals surface area contributed by atoms with Gasteiger partial charge in [-0.3, -0.25) is 9.67 Å². The maximum Gasteiger partial charge on any atom is 0.190 e. The molecule has 0 aromatic carbocycles. The molecule has 2 aromatic rings. The summed E-state index contributed by atoms with van der Waals surface area (Å²) in [7, 11) is 1.79. The minimum absolute atomic E-state index is 0.837. The van der Waals surface area contributed by atoms with E-state index in [1.165, 1.54) is 4.88 Å². The Hall–Kier alpha value is -1.89. The topological polar surface area (TPSA) is 67.1 Å². The van der Waals surface area contributed by atoms with Crippen LogP contribution in [0.4, 0.5) is 0 Å². The van der Waals surface area contributed by atoms with Crippen LogP contribution in [0.25, 0.3) is 0 Å². The number of guanidine groups is 1. The van der Waals surface area contributed by atoms with Crippen molar-refractivity contribution in [2.45, 2.75) is 26.3 Å². The van der Waals surface area contributed by atoms with E-state index in [4.69, 9.17) is 0 Å². The van der Waals surface area contributed by atoms with Gasteiger partial charge in [0.1, 0.15) is 0 Å². The summed E-state index contributed by atoms with van der Waals surface area (Å²) >= 11 is 1.75. The molecule has 6 nitrogen and oxygen atoms in total. The van der Waals surface area contributed by atoms with Crippen molar-refractivity contribution in [3.05, 3.63) is 34.5 Å². The SMILES string of the molecule is CN=C(NCCCn1cccn1)NCCc1ncc(C)s1. The quantitative estimate of drug-likeness (QED) is 0.461. The van der Waals surface area contributed by atoms with Crippen molar-refractivity contribution in [3.63, 3.8) is 0 Å². The summed E-state index contributed by atoms with van der Waals surface area (Å²) in [5.74, 6) is 0.837. The third kappa shape index (κ3) is 5.55. The molecule has 2 aromatic heterocycles. The van der Waals surface area contributed by atoms with Gasteiger partial charge in [0.15, 0.2) is 5.96 Å². The number of hydrogen-bond acceptors (Lipinski definition) is 4. The molecule has 0 aliphatic carbocycles. The second kappa shape index (κ2) is 8.41. The van der Waals surface area contributed by atoms with Crippen molar-refractivity contribution in [1.82, 2.24) is 25.4 Å². The van der Waals surface area contributed by atoms with E-state index in [0.717, 1.165) is 43.4 Å². The summed E-state index contributed by atoms with van der Waals surface area (Å²) < 4.78 is 1.93. The van der Waals surface area contributed by atoms with Gasteiger partial charge in [0.05, 0.1) is 5.01 Å². The van der Waals surface area contributed by atoms with E-state index in [1.54, 1.807) is 24.6 Å². The average molecular weight is 306 g/mol. The van der Waals surface area contributed by atoms with Gasteiger partial charge in [-0.05, 0) is 19.4 Å². The van der Waals surface area contributed by atoms with E-state index in [1.807, 2.05) is 23.1 Å². The predicted molar refractivity (Wildman–Crippen MR) is 86.8 cm³/mol. The molecule has 0 aliphatic heterocycles. The molecule has 7 heteroatoms. The molecule has 2 rings (SSSR count). The van der Waals surface area contributed by atoms with E-state index < -0.39 is 0 Å². The number of nitrogens with zero attached hydrogens (tertiary/aromatic N) is 4. The summed E-state index contributed by atoms with van der Waals surface area (Å²) in [4.78, 5) is 9.82. The largest absolute Gasteiger partial charge is 0.356 e. The second-order valence-electron chi connectivity index (χ2n) is 4.66. The first-order valence-electron chi connectivity index (χ1n) is 7.11. The zero-order chi connectivity index (χ0) is 14.9. The lowest BCUT2D eigenvalue weighted by molar-refractivity contribution is 0.570. The molecule has 0 saturated carbocycles. The molecule has 0 saturated heterocycles. The van der Waals surface area contributed by atoms with Crippen molar-refractivity contribution < 1.29 is 0 Å². The molecule has 0 aliphatic rings. The molecular weight excluding hydrogens is 284 g/mol. The minimum Gasteiger partial charge on any atom is -0.356 e. The summed E-state index contributed by atoms with van der Waals surface area (Å²) in [5.41, 5.74) is 0. The van der Waals surface area contributed by atoms with Crippen molar-refractivity contribution in [3.8, 4) is 0 Å². The van der Waals surface area contributed by atoms with E-state index >= 15 is 0 Å². The summed E-state index contributed by atoms with van der Waals surface area (Å²) in [6, 6.07) is 1.94. The van der Waals surface area contributed by atoms with Crippen LogP contribution in [-0.4, -0.2) is 40.9 Å². The second-order valence-corrected chi connectivity index (χ2v) is 5.98. The van der Waals surface area contributed by atoms with Gasteiger partial charge >= 0.3 is 0 Å². The summed E-state index contributed by atoms with van der Waals surface area (Å²) in [6.45, 7) is 4.70. The first kappa shape index (κ1) is 15.5. The van der Waals surface area contributed by atoms with Crippen molar-refractivity contribution in [2.24, 2.45) is 4.99 Å². The van der Waals surface area contributed by atoms with Crippen molar-refractivity contribution in [1.29, 1.82) is 0 Å². The van der Waals surface area contributed by atoms with E-state index in [-0.39, 0.29) is 0 Å². The standard InChI is InChI=1S/C14H22N6S/c1-12-11-18-13(21-12)5-8-17-14(15-2)16-6-3-9-20-10-4-7-19-20/h4,7,10-11H,3,5-6,8-9H2,1-2H3,(H2,15,16,17). The molecule has 21 heavy (non-hydrogen) atoms. The average Bonchev–Trinajstić information content (AvgIpc) is 3.13. The van der Waals surface area contributed by atoms with Gasteiger partial charge in [0, 0.05) is 56.6 Å². The molecule has 114 valence electrons. The normalized spacial score (nSPS) is 11.6. The lowest BCUT2D eigenvalue weighted by Crippen LogP contribution is -2.39. The number of nitrogens with one attached hydrogen (secondary N) is 2. The third-order valence-electron chi connectivity index (χ3n) is 2.94. The van der Waals surface area contributed by atoms with Crippen LogP contribution in [-0.2, 0) is 13.0 Å². The monoisotopic (exact) mass is 306 g/mol. The van der Waals surface area contributed by atoms with Crippen LogP contribution in [0.2, 0.25) is 0 Å². The lowest BCUT2D eigenvalue weighted by atomic mass is 10.4. The van der Waals surface area contributed by atoms with Crippen LogP contribution < -0.4 is 10.6 Å². The molecule has 0 bridgehead atoms. The Morgan fingerprint density at radius 1 is 1.38 bits per heavy atom. The Balaban J connectivity index is 1.59. The highest BCUT2D eigenvalue weighted by Crippen LogP contribution is 2.10. The number of thiazole rings is 1. The fraction of sp³-hybridized carbons (Fsp3) is 0.500. The summed E-state index contributed by atoms with van der Waals surface area (Å²) in [6.07, 6.45) is 7.63. The van der Waals surface area contributed by atoms with Gasteiger partial charge in [-0.25, -0.2) is 4.98 Å². The molecule has 0 unspecified atom stereocenters. The first-order valence-corrected chi connectivity index (χ1v) is 7.93. The maximum atomic E-state index is 4.35. The zero-order valence-corrected chi connectivity index (χ0v) is 13.4. The van der Waals surface area contributed by atoms with E-state index in [9.17, 15) is 0 Å². The Bertz CT molecular complexity index is 546. The molecule has 0 amide bonds. The lowest BCUT2D eigenvalue weighted by Gasteiger charge is -2.11. The van der Waals surface area contributed by atoms with Crippen molar-refractivity contribution >= 4 is 17.3 Å². The van der Waals surface area contributed by atoms with Crippen LogP contribution in [0.1, 0.15) is 16.3 Å². The van der Waals surface area contributed by atoms with Gasteiger partial charge < -0.3 is 10.6 Å². The number of aryl methyl sites for hydroxylation is 2. The molecular formula is C14H22N6S. The Kier molecular flexibility index (Phi) is 6.21. The Morgan fingerprint density at radius 3 is 2.90 bits per heavy atom. The molecule has 0 radical (unpaired) electrons. The van der Waals surface area contributed by atoms with Gasteiger partial charge in [-0.15, -0.1) is 11.3 Å². The number of hydrogen-bond donors (Lipinski definition) is 2. The highest BCUT2D eigenvalue weighted by molar-refractivity contribution is 7.11. The van der Waals surface area contributed by atoms with Crippen LogP contribution in [0.5, 0.6) is 0 Å². The minimum atomic E-state index is 0.837. The fourth-order valence-electron chi connectivity index (χ4n) is 1.91. The van der Waals surface area contributed by atoms with Gasteiger partial charge in [0.25, 0.3) is 0 Å². The van der Waals surface area contributed by atoms with E-state index in [2.05, 4.69) is 32.6 Å². The van der Waals surface area contributed by atoms with Gasteiger partial charge in [-0.2, -0.15) is 5.10 Å². The van der Waals surface area contributed by atoms with E-state index in [0.29, 0.717) is 0 Å². The third-order valence-corrected chi connectivity index (χ3v) is 3.91. The Morgan fingerprint density at radius 2 is 2.24 bits per heavy atom. The predicted octanol–water partition coefficient (Wildman–Crippen LogP) is 1.45. The highest BCUT2D eigenvalue weighted by Gasteiger charge is 2.00. The number of rotatable bonds is 7. The highest BCUT2D eigenvalue weighted by atomic mass is 32.1. The molecule has 2 heterocycles. The molecule has 0 atom stereocenters. The Labute approximate surface area is 129 Å². The van der Waals surface area contributed by atoms with Crippen LogP contribution >= 0.6 is 11.3 Å².